The van der Waals surface area contributed by atoms with Gasteiger partial charge in [-0.2, -0.15) is 0 Å². The van der Waals surface area contributed by atoms with E-state index in [1.807, 2.05) is 54.6 Å². The van der Waals surface area contributed by atoms with Gasteiger partial charge < -0.3 is 14.2 Å². The molecular formula is C23H24N2O5. The predicted molar refractivity (Wildman–Crippen MR) is 111 cm³/mol. The van der Waals surface area contributed by atoms with Gasteiger partial charge in [0.1, 0.15) is 11.9 Å². The fraction of sp³-hybridized carbons (Fsp3) is 0.304. The van der Waals surface area contributed by atoms with Gasteiger partial charge in [-0.1, -0.05) is 42.5 Å². The van der Waals surface area contributed by atoms with Gasteiger partial charge in [0, 0.05) is 5.56 Å². The predicted octanol–water partition coefficient (Wildman–Crippen LogP) is 4.26. The molecule has 0 unspecified atom stereocenters. The maximum atomic E-state index is 12.6. The zero-order chi connectivity index (χ0) is 21.1. The fourth-order valence-electron chi connectivity index (χ4n) is 3.95. The maximum absolute atomic E-state index is 12.6. The maximum Gasteiger partial charge on any atom is 0.429 e. The van der Waals surface area contributed by atoms with E-state index in [4.69, 9.17) is 14.2 Å². The third-order valence-corrected chi connectivity index (χ3v) is 5.21. The van der Waals surface area contributed by atoms with Crippen LogP contribution in [0.4, 0.5) is 9.59 Å². The van der Waals surface area contributed by atoms with Gasteiger partial charge in [-0.15, -0.1) is 0 Å². The van der Waals surface area contributed by atoms with Gasteiger partial charge in [-0.25, -0.2) is 20.0 Å². The molecule has 4 rings (SSSR count). The van der Waals surface area contributed by atoms with Crippen LogP contribution in [0, 0.1) is 0 Å². The molecule has 0 bridgehead atoms. The molecule has 1 aliphatic carbocycles. The summed E-state index contributed by atoms with van der Waals surface area (Å²) in [7, 11) is 0. The second-order valence-corrected chi connectivity index (χ2v) is 7.00. The Morgan fingerprint density at radius 1 is 1.00 bits per heavy atom. The first-order valence-corrected chi connectivity index (χ1v) is 10.1. The highest BCUT2D eigenvalue weighted by Gasteiger charge is 2.46. The standard InChI is InChI=1S/C23H24N2O5/c1-3-28-22(26)24-25(23(27)29-4-2)18-11-13-20-21(18)17-14-16(10-12-19(17)30-20)15-8-6-5-7-9-15/h5-14,18,20-21H,3-4H2,1-2H3,(H,24,26)/t18-,20-,21+/m1/s1. The summed E-state index contributed by atoms with van der Waals surface area (Å²) < 4.78 is 16.2. The number of ether oxygens (including phenoxy) is 3. The quantitative estimate of drug-likeness (QED) is 0.604. The van der Waals surface area contributed by atoms with E-state index in [0.29, 0.717) is 0 Å². The zero-order valence-electron chi connectivity index (χ0n) is 16.9. The molecule has 1 heterocycles. The van der Waals surface area contributed by atoms with E-state index in [1.54, 1.807) is 13.8 Å². The Kier molecular flexibility index (Phi) is 5.61. The normalized spacial score (nSPS) is 20.7. The van der Waals surface area contributed by atoms with Crippen molar-refractivity contribution in [2.24, 2.45) is 0 Å². The lowest BCUT2D eigenvalue weighted by atomic mass is 9.90. The number of nitrogens with zero attached hydrogens (tertiary/aromatic N) is 1. The molecule has 1 N–H and O–H groups in total. The first-order chi connectivity index (χ1) is 14.6. The van der Waals surface area contributed by atoms with Crippen LogP contribution in [0.15, 0.2) is 60.7 Å². The van der Waals surface area contributed by atoms with Gasteiger partial charge >= 0.3 is 12.2 Å². The largest absolute Gasteiger partial charge is 0.485 e. The average molecular weight is 408 g/mol. The van der Waals surface area contributed by atoms with Crippen molar-refractivity contribution < 1.29 is 23.8 Å². The van der Waals surface area contributed by atoms with Crippen LogP contribution < -0.4 is 10.2 Å². The highest BCUT2D eigenvalue weighted by Crippen LogP contribution is 2.46. The number of hydrazine groups is 1. The van der Waals surface area contributed by atoms with Crippen molar-refractivity contribution in [3.05, 3.63) is 66.2 Å². The highest BCUT2D eigenvalue weighted by molar-refractivity contribution is 5.75. The molecule has 30 heavy (non-hydrogen) atoms. The number of rotatable bonds is 4. The Labute approximate surface area is 175 Å². The zero-order valence-corrected chi connectivity index (χ0v) is 16.9. The van der Waals surface area contributed by atoms with E-state index in [1.165, 1.54) is 5.01 Å². The summed E-state index contributed by atoms with van der Waals surface area (Å²) in [6, 6.07) is 15.7. The first-order valence-electron chi connectivity index (χ1n) is 10.1. The minimum absolute atomic E-state index is 0.171. The fourth-order valence-corrected chi connectivity index (χ4v) is 3.95. The van der Waals surface area contributed by atoms with Crippen molar-refractivity contribution in [3.63, 3.8) is 0 Å². The van der Waals surface area contributed by atoms with Crippen LogP contribution in [0.25, 0.3) is 11.1 Å². The number of amides is 2. The van der Waals surface area contributed by atoms with E-state index in [9.17, 15) is 9.59 Å². The van der Waals surface area contributed by atoms with Gasteiger partial charge in [0.25, 0.3) is 0 Å². The minimum Gasteiger partial charge on any atom is -0.485 e. The summed E-state index contributed by atoms with van der Waals surface area (Å²) in [5.74, 6) is 0.606. The Morgan fingerprint density at radius 3 is 2.50 bits per heavy atom. The SMILES string of the molecule is CCOC(=O)NN(C(=O)OCC)[C@@H]1C=C[C@H]2Oc3ccc(-c4ccccc4)cc3[C@@H]12. The molecule has 2 aromatic carbocycles. The summed E-state index contributed by atoms with van der Waals surface area (Å²) in [5, 5.41) is 1.19. The molecular weight excluding hydrogens is 384 g/mol. The molecule has 7 nitrogen and oxygen atoms in total. The Morgan fingerprint density at radius 2 is 1.77 bits per heavy atom. The van der Waals surface area contributed by atoms with Crippen LogP contribution in [0.3, 0.4) is 0 Å². The molecule has 0 aromatic heterocycles. The molecule has 3 atom stereocenters. The number of nitrogens with one attached hydrogen (secondary N) is 1. The van der Waals surface area contributed by atoms with Gasteiger partial charge in [0.05, 0.1) is 25.2 Å². The Balaban J connectivity index is 1.66. The monoisotopic (exact) mass is 408 g/mol. The molecule has 0 saturated carbocycles. The molecule has 2 aromatic rings. The highest BCUT2D eigenvalue weighted by atomic mass is 16.6. The Bertz CT molecular complexity index is 959. The van der Waals surface area contributed by atoms with Crippen LogP contribution in [0.2, 0.25) is 0 Å². The molecule has 0 fully saturated rings. The number of carbonyl (C=O) groups is 2. The summed E-state index contributed by atoms with van der Waals surface area (Å²) >= 11 is 0. The van der Waals surface area contributed by atoms with Crippen molar-refractivity contribution >= 4 is 12.2 Å². The molecule has 2 aliphatic rings. The van der Waals surface area contributed by atoms with Crippen LogP contribution in [-0.4, -0.2) is 42.6 Å². The molecule has 0 spiro atoms. The smallest absolute Gasteiger partial charge is 0.429 e. The third-order valence-electron chi connectivity index (χ3n) is 5.21. The van der Waals surface area contributed by atoms with Gasteiger partial charge in [0.15, 0.2) is 0 Å². The topological polar surface area (TPSA) is 77.1 Å². The van der Waals surface area contributed by atoms with E-state index < -0.39 is 18.2 Å². The number of hydrogen-bond acceptors (Lipinski definition) is 5. The number of fused-ring (bicyclic) bond motifs is 3. The van der Waals surface area contributed by atoms with Crippen LogP contribution >= 0.6 is 0 Å². The summed E-state index contributed by atoms with van der Waals surface area (Å²) in [4.78, 5) is 24.7. The first kappa shape index (κ1) is 19.8. The van der Waals surface area contributed by atoms with Crippen LogP contribution in [-0.2, 0) is 9.47 Å². The summed E-state index contributed by atoms with van der Waals surface area (Å²) in [6.07, 6.45) is 2.19. The van der Waals surface area contributed by atoms with E-state index in [2.05, 4.69) is 11.5 Å². The van der Waals surface area contributed by atoms with Crippen molar-refractivity contribution in [2.45, 2.75) is 31.9 Å². The van der Waals surface area contributed by atoms with Gasteiger partial charge in [0.2, 0.25) is 0 Å². The van der Waals surface area contributed by atoms with E-state index >= 15 is 0 Å². The lowest BCUT2D eigenvalue weighted by Crippen LogP contribution is -2.53. The van der Waals surface area contributed by atoms with Crippen molar-refractivity contribution in [1.29, 1.82) is 0 Å². The number of carbonyl (C=O) groups excluding carboxylic acids is 2. The van der Waals surface area contributed by atoms with Crippen LogP contribution in [0.1, 0.15) is 25.3 Å². The average Bonchev–Trinajstić information content (AvgIpc) is 3.32. The Hall–Kier alpha value is -3.48. The number of hydrogen-bond donors (Lipinski definition) is 1. The minimum atomic E-state index is -0.709. The lowest BCUT2D eigenvalue weighted by Gasteiger charge is -2.30. The van der Waals surface area contributed by atoms with Gasteiger partial charge in [-0.3, -0.25) is 0 Å². The van der Waals surface area contributed by atoms with Crippen molar-refractivity contribution in [1.82, 2.24) is 10.4 Å². The molecule has 0 radical (unpaired) electrons. The second kappa shape index (κ2) is 8.49. The molecule has 1 aliphatic heterocycles. The summed E-state index contributed by atoms with van der Waals surface area (Å²) in [6.45, 7) is 3.80. The van der Waals surface area contributed by atoms with Crippen LogP contribution in [0.5, 0.6) is 5.75 Å². The summed E-state index contributed by atoms with van der Waals surface area (Å²) in [5.41, 5.74) is 5.66. The van der Waals surface area contributed by atoms with Gasteiger partial charge in [-0.05, 0) is 43.2 Å². The lowest BCUT2D eigenvalue weighted by molar-refractivity contribution is 0.0568. The third kappa shape index (κ3) is 3.70. The molecule has 156 valence electrons. The van der Waals surface area contributed by atoms with E-state index in [-0.39, 0.29) is 25.2 Å². The second-order valence-electron chi connectivity index (χ2n) is 7.00. The number of benzene rings is 2. The molecule has 2 amide bonds. The molecule has 0 saturated heterocycles. The van der Waals surface area contributed by atoms with E-state index in [0.717, 1.165) is 22.4 Å². The van der Waals surface area contributed by atoms with Crippen molar-refractivity contribution in [3.8, 4) is 16.9 Å². The molecule has 7 heteroatoms. The van der Waals surface area contributed by atoms with Crippen molar-refractivity contribution in [2.75, 3.05) is 13.2 Å².